The summed E-state index contributed by atoms with van der Waals surface area (Å²) in [5.41, 5.74) is 0.608. The first-order valence-corrected chi connectivity index (χ1v) is 7.80. The number of rotatable bonds is 6. The van der Waals surface area contributed by atoms with Gasteiger partial charge in [0, 0.05) is 11.0 Å². The normalized spacial score (nSPS) is 10.1. The minimum Gasteiger partial charge on any atom is -0.497 e. The molecule has 0 aliphatic rings. The van der Waals surface area contributed by atoms with Crippen LogP contribution in [0.1, 0.15) is 15.9 Å². The summed E-state index contributed by atoms with van der Waals surface area (Å²) in [4.78, 5) is 23.5. The Morgan fingerprint density at radius 3 is 2.75 bits per heavy atom. The molecule has 1 N–H and O–H groups in total. The lowest BCUT2D eigenvalue weighted by molar-refractivity contribution is -0.124. The van der Waals surface area contributed by atoms with E-state index in [4.69, 9.17) is 9.47 Å². The van der Waals surface area contributed by atoms with E-state index in [1.165, 1.54) is 12.1 Å². The monoisotopic (exact) mass is 395 g/mol. The highest BCUT2D eigenvalue weighted by Crippen LogP contribution is 2.16. The molecular formula is C17H15BrFNO4. The van der Waals surface area contributed by atoms with E-state index in [-0.39, 0.29) is 12.1 Å². The van der Waals surface area contributed by atoms with Crippen LogP contribution in [0.4, 0.5) is 4.39 Å². The third kappa shape index (κ3) is 5.06. The van der Waals surface area contributed by atoms with Crippen molar-refractivity contribution in [3.8, 4) is 5.75 Å². The third-order valence-corrected chi connectivity index (χ3v) is 3.60. The number of nitrogens with one attached hydrogen (secondary N) is 1. The SMILES string of the molecule is COc1cccc(CNC(=O)COC(=O)c2cc(Br)ccc2F)c1. The second-order valence-corrected chi connectivity index (χ2v) is 5.74. The molecule has 5 nitrogen and oxygen atoms in total. The molecule has 0 fully saturated rings. The van der Waals surface area contributed by atoms with Gasteiger partial charge < -0.3 is 14.8 Å². The van der Waals surface area contributed by atoms with Gasteiger partial charge in [0.15, 0.2) is 6.61 Å². The number of hydrogen-bond acceptors (Lipinski definition) is 4. The number of hydrogen-bond donors (Lipinski definition) is 1. The fraction of sp³-hybridized carbons (Fsp3) is 0.176. The van der Waals surface area contributed by atoms with Crippen molar-refractivity contribution in [2.45, 2.75) is 6.54 Å². The number of carbonyl (C=O) groups excluding carboxylic acids is 2. The largest absolute Gasteiger partial charge is 0.497 e. The molecule has 7 heteroatoms. The fourth-order valence-electron chi connectivity index (χ4n) is 1.90. The molecule has 126 valence electrons. The standard InChI is InChI=1S/C17H15BrFNO4/c1-23-13-4-2-3-11(7-13)9-20-16(21)10-24-17(22)14-8-12(18)5-6-15(14)19/h2-8H,9-10H2,1H3,(H,20,21). The summed E-state index contributed by atoms with van der Waals surface area (Å²) in [6, 6.07) is 11.1. The predicted molar refractivity (Wildman–Crippen MR) is 89.2 cm³/mol. The molecule has 0 spiro atoms. The topological polar surface area (TPSA) is 64.6 Å². The van der Waals surface area contributed by atoms with Gasteiger partial charge in [0.05, 0.1) is 12.7 Å². The highest BCUT2D eigenvalue weighted by atomic mass is 79.9. The van der Waals surface area contributed by atoms with Crippen LogP contribution in [0.5, 0.6) is 5.75 Å². The van der Waals surface area contributed by atoms with Gasteiger partial charge in [-0.15, -0.1) is 0 Å². The van der Waals surface area contributed by atoms with Crippen molar-refractivity contribution in [3.63, 3.8) is 0 Å². The highest BCUT2D eigenvalue weighted by molar-refractivity contribution is 9.10. The average Bonchev–Trinajstić information content (AvgIpc) is 2.60. The Hall–Kier alpha value is -2.41. The summed E-state index contributed by atoms with van der Waals surface area (Å²) in [6.45, 7) is -0.229. The van der Waals surface area contributed by atoms with Crippen molar-refractivity contribution in [1.82, 2.24) is 5.32 Å². The van der Waals surface area contributed by atoms with Gasteiger partial charge in [-0.3, -0.25) is 4.79 Å². The molecule has 2 rings (SSSR count). The molecule has 1 amide bonds. The first-order chi connectivity index (χ1) is 11.5. The summed E-state index contributed by atoms with van der Waals surface area (Å²) in [6.07, 6.45) is 0. The molecule has 0 saturated carbocycles. The molecule has 0 aromatic heterocycles. The van der Waals surface area contributed by atoms with E-state index in [0.717, 1.165) is 11.6 Å². The fourth-order valence-corrected chi connectivity index (χ4v) is 2.26. The van der Waals surface area contributed by atoms with Crippen LogP contribution in [0.15, 0.2) is 46.9 Å². The lowest BCUT2D eigenvalue weighted by Gasteiger charge is -2.08. The van der Waals surface area contributed by atoms with Crippen LogP contribution in [-0.2, 0) is 16.1 Å². The quantitative estimate of drug-likeness (QED) is 0.763. The number of esters is 1. The number of carbonyl (C=O) groups is 2. The smallest absolute Gasteiger partial charge is 0.341 e. The van der Waals surface area contributed by atoms with Crippen molar-refractivity contribution in [3.05, 3.63) is 63.9 Å². The Morgan fingerprint density at radius 2 is 2.00 bits per heavy atom. The third-order valence-electron chi connectivity index (χ3n) is 3.11. The molecule has 0 radical (unpaired) electrons. The Morgan fingerprint density at radius 1 is 1.21 bits per heavy atom. The number of ether oxygens (including phenoxy) is 2. The first-order valence-electron chi connectivity index (χ1n) is 7.01. The van der Waals surface area contributed by atoms with E-state index in [9.17, 15) is 14.0 Å². The van der Waals surface area contributed by atoms with Crippen LogP contribution in [0.2, 0.25) is 0 Å². The van der Waals surface area contributed by atoms with E-state index in [1.54, 1.807) is 25.3 Å². The lowest BCUT2D eigenvalue weighted by atomic mass is 10.2. The molecular weight excluding hydrogens is 381 g/mol. The number of benzene rings is 2. The summed E-state index contributed by atoms with van der Waals surface area (Å²) in [5, 5.41) is 2.61. The van der Waals surface area contributed by atoms with Crippen molar-refractivity contribution in [2.24, 2.45) is 0 Å². The van der Waals surface area contributed by atoms with Gasteiger partial charge >= 0.3 is 5.97 Å². The summed E-state index contributed by atoms with van der Waals surface area (Å²) >= 11 is 3.14. The van der Waals surface area contributed by atoms with Gasteiger partial charge in [0.2, 0.25) is 0 Å². The second-order valence-electron chi connectivity index (χ2n) is 4.83. The molecule has 0 aliphatic heterocycles. The zero-order chi connectivity index (χ0) is 17.5. The van der Waals surface area contributed by atoms with Gasteiger partial charge in [0.25, 0.3) is 5.91 Å². The zero-order valence-electron chi connectivity index (χ0n) is 12.8. The van der Waals surface area contributed by atoms with Gasteiger partial charge in [-0.2, -0.15) is 0 Å². The second kappa shape index (κ2) is 8.44. The van der Waals surface area contributed by atoms with E-state index in [0.29, 0.717) is 10.2 Å². The Bertz CT molecular complexity index is 751. The first kappa shape index (κ1) is 17.9. The highest BCUT2D eigenvalue weighted by Gasteiger charge is 2.15. The summed E-state index contributed by atoms with van der Waals surface area (Å²) < 4.78 is 24.0. The molecule has 0 unspecified atom stereocenters. The lowest BCUT2D eigenvalue weighted by Crippen LogP contribution is -2.28. The van der Waals surface area contributed by atoms with Crippen LogP contribution >= 0.6 is 15.9 Å². The molecule has 0 heterocycles. The molecule has 0 atom stereocenters. The van der Waals surface area contributed by atoms with E-state index < -0.39 is 24.3 Å². The zero-order valence-corrected chi connectivity index (χ0v) is 14.4. The maximum atomic E-state index is 13.6. The van der Waals surface area contributed by atoms with Crippen LogP contribution in [0.3, 0.4) is 0 Å². The number of amides is 1. The van der Waals surface area contributed by atoms with E-state index in [2.05, 4.69) is 21.2 Å². The van der Waals surface area contributed by atoms with Crippen molar-refractivity contribution >= 4 is 27.8 Å². The van der Waals surface area contributed by atoms with Crippen LogP contribution in [0, 0.1) is 5.82 Å². The maximum Gasteiger partial charge on any atom is 0.341 e. The Labute approximate surface area is 146 Å². The van der Waals surface area contributed by atoms with Gasteiger partial charge in [-0.1, -0.05) is 28.1 Å². The van der Waals surface area contributed by atoms with E-state index >= 15 is 0 Å². The minimum absolute atomic E-state index is 0.232. The molecule has 2 aromatic rings. The maximum absolute atomic E-state index is 13.6. The van der Waals surface area contributed by atoms with Gasteiger partial charge in [-0.25, -0.2) is 9.18 Å². The molecule has 24 heavy (non-hydrogen) atoms. The predicted octanol–water partition coefficient (Wildman–Crippen LogP) is 3.07. The van der Waals surface area contributed by atoms with Crippen molar-refractivity contribution in [1.29, 1.82) is 0 Å². The molecule has 0 saturated heterocycles. The number of halogens is 2. The van der Waals surface area contributed by atoms with Gasteiger partial charge in [0.1, 0.15) is 11.6 Å². The number of methoxy groups -OCH3 is 1. The summed E-state index contributed by atoms with van der Waals surface area (Å²) in [7, 11) is 1.55. The average molecular weight is 396 g/mol. The molecule has 2 aromatic carbocycles. The van der Waals surface area contributed by atoms with E-state index in [1.807, 2.05) is 6.07 Å². The minimum atomic E-state index is -0.898. The Kier molecular flexibility index (Phi) is 6.31. The van der Waals surface area contributed by atoms with Crippen molar-refractivity contribution < 1.29 is 23.5 Å². The summed E-state index contributed by atoms with van der Waals surface area (Å²) in [5.74, 6) is -1.41. The Balaban J connectivity index is 1.84. The van der Waals surface area contributed by atoms with Crippen molar-refractivity contribution in [2.75, 3.05) is 13.7 Å². The molecule has 0 bridgehead atoms. The van der Waals surface area contributed by atoms with Crippen LogP contribution in [0.25, 0.3) is 0 Å². The van der Waals surface area contributed by atoms with Crippen LogP contribution in [-0.4, -0.2) is 25.6 Å². The van der Waals surface area contributed by atoms with Crippen LogP contribution < -0.4 is 10.1 Å². The molecule has 0 aliphatic carbocycles. The van der Waals surface area contributed by atoms with Gasteiger partial charge in [-0.05, 0) is 35.9 Å².